The summed E-state index contributed by atoms with van der Waals surface area (Å²) in [6.45, 7) is 2.88. The van der Waals surface area contributed by atoms with Crippen molar-refractivity contribution in [2.24, 2.45) is 0 Å². The predicted octanol–water partition coefficient (Wildman–Crippen LogP) is 0.933. The van der Waals surface area contributed by atoms with Crippen molar-refractivity contribution in [2.75, 3.05) is 29.6 Å². The largest absolute Gasteiger partial charge is 0.394 e. The van der Waals surface area contributed by atoms with Crippen LogP contribution in [-0.2, 0) is 4.74 Å². The molecular formula is C20H34N4O5. The number of nitrogens with one attached hydrogen (secondary N) is 1. The van der Waals surface area contributed by atoms with Gasteiger partial charge in [-0.3, -0.25) is 4.79 Å². The van der Waals surface area contributed by atoms with Crippen molar-refractivity contribution in [1.29, 1.82) is 0 Å². The first kappa shape index (κ1) is 22.0. The third-order valence-corrected chi connectivity index (χ3v) is 5.83. The summed E-state index contributed by atoms with van der Waals surface area (Å²) >= 11 is 0. The summed E-state index contributed by atoms with van der Waals surface area (Å²) in [4.78, 5) is 23.0. The van der Waals surface area contributed by atoms with Gasteiger partial charge in [-0.05, 0) is 6.42 Å². The van der Waals surface area contributed by atoms with Crippen LogP contribution in [0.25, 0.3) is 0 Å². The summed E-state index contributed by atoms with van der Waals surface area (Å²) in [6, 6.07) is 0. The highest BCUT2D eigenvalue weighted by atomic mass is 16.6. The molecule has 164 valence electrons. The molecule has 0 bridgehead atoms. The maximum atomic E-state index is 12.4. The van der Waals surface area contributed by atoms with Gasteiger partial charge in [0.1, 0.15) is 24.0 Å². The average molecular weight is 411 g/mol. The van der Waals surface area contributed by atoms with Gasteiger partial charge in [0, 0.05) is 6.54 Å². The number of hydrogen-bond acceptors (Lipinski definition) is 8. The van der Waals surface area contributed by atoms with E-state index >= 15 is 0 Å². The fourth-order valence-electron chi connectivity index (χ4n) is 4.16. The molecule has 2 aliphatic heterocycles. The van der Waals surface area contributed by atoms with Gasteiger partial charge in [-0.1, -0.05) is 51.9 Å². The Labute approximate surface area is 171 Å². The number of anilines is 2. The van der Waals surface area contributed by atoms with Crippen LogP contribution in [0.3, 0.4) is 0 Å². The molecular weight excluding hydrogens is 376 g/mol. The predicted molar refractivity (Wildman–Crippen MR) is 110 cm³/mol. The van der Waals surface area contributed by atoms with E-state index in [0.29, 0.717) is 24.7 Å². The van der Waals surface area contributed by atoms with Gasteiger partial charge in [-0.15, -0.1) is 0 Å². The van der Waals surface area contributed by atoms with E-state index < -0.39 is 24.5 Å². The van der Waals surface area contributed by atoms with Gasteiger partial charge >= 0.3 is 0 Å². The lowest BCUT2D eigenvalue weighted by molar-refractivity contribution is -0.0222. The molecule has 29 heavy (non-hydrogen) atoms. The number of aliphatic hydroxyl groups excluding tert-OH is 3. The van der Waals surface area contributed by atoms with Crippen molar-refractivity contribution in [1.82, 2.24) is 9.97 Å². The number of ether oxygens (including phenoxy) is 1. The van der Waals surface area contributed by atoms with Gasteiger partial charge in [0.05, 0.1) is 19.6 Å². The van der Waals surface area contributed by atoms with Gasteiger partial charge in [-0.2, -0.15) is 0 Å². The third-order valence-electron chi connectivity index (χ3n) is 5.83. The van der Waals surface area contributed by atoms with E-state index in [1.807, 2.05) is 4.90 Å². The number of unbranched alkanes of at least 4 members (excludes halogenated alkanes) is 7. The Morgan fingerprint density at radius 1 is 1.14 bits per heavy atom. The van der Waals surface area contributed by atoms with E-state index in [2.05, 4.69) is 16.9 Å². The molecule has 3 heterocycles. The molecule has 9 heteroatoms. The maximum absolute atomic E-state index is 12.4. The number of nitrogens with zero attached hydrogens (tertiary/aromatic N) is 3. The normalized spacial score (nSPS) is 26.3. The summed E-state index contributed by atoms with van der Waals surface area (Å²) in [5.41, 5.74) is 0.233. The molecule has 9 nitrogen and oxygen atoms in total. The van der Waals surface area contributed by atoms with Crippen molar-refractivity contribution in [2.45, 2.75) is 82.8 Å². The lowest BCUT2D eigenvalue weighted by Crippen LogP contribution is -2.46. The molecule has 1 saturated heterocycles. The molecule has 3 rings (SSSR count). The molecule has 0 saturated carbocycles. The standard InChI is InChI=1S/C20H34N4O5/c1-2-3-4-5-6-7-8-9-10-23-13-24(18-15(23)19(28)22-12-21-18)20-17(27)16(26)14(11-25)29-20/h12,14,16-17,20,25-27H,2-11,13H2,1H3,(H,21,22,28)/t14-,16-,17-,20-/m1/s1. The van der Waals surface area contributed by atoms with E-state index in [0.717, 1.165) is 12.8 Å². The second-order valence-electron chi connectivity index (χ2n) is 7.98. The molecule has 1 aromatic heterocycles. The van der Waals surface area contributed by atoms with Crippen LogP contribution in [-0.4, -0.2) is 69.6 Å². The Balaban J connectivity index is 1.59. The van der Waals surface area contributed by atoms with Crippen molar-refractivity contribution in [3.8, 4) is 0 Å². The van der Waals surface area contributed by atoms with Gasteiger partial charge in [0.15, 0.2) is 12.0 Å². The third kappa shape index (κ3) is 4.91. The van der Waals surface area contributed by atoms with Gasteiger partial charge in [-0.25, -0.2) is 4.98 Å². The number of aromatic amines is 1. The fraction of sp³-hybridized carbons (Fsp3) is 0.800. The molecule has 2 aliphatic rings. The van der Waals surface area contributed by atoms with Gasteiger partial charge in [0.2, 0.25) is 0 Å². The Hall–Kier alpha value is -1.68. The first-order valence-electron chi connectivity index (χ1n) is 10.8. The van der Waals surface area contributed by atoms with Crippen molar-refractivity contribution >= 4 is 11.5 Å². The minimum atomic E-state index is -1.19. The molecule has 1 aromatic rings. The molecule has 4 N–H and O–H groups in total. The monoisotopic (exact) mass is 410 g/mol. The zero-order chi connectivity index (χ0) is 20.8. The molecule has 0 aliphatic carbocycles. The van der Waals surface area contributed by atoms with E-state index in [1.54, 1.807) is 4.90 Å². The number of H-pyrrole nitrogens is 1. The van der Waals surface area contributed by atoms with E-state index in [4.69, 9.17) is 4.74 Å². The number of fused-ring (bicyclic) bond motifs is 1. The first-order chi connectivity index (χ1) is 14.1. The topological polar surface area (TPSA) is 122 Å². The lowest BCUT2D eigenvalue weighted by atomic mass is 10.1. The Kier molecular flexibility index (Phi) is 7.88. The van der Waals surface area contributed by atoms with Crippen LogP contribution in [0, 0.1) is 0 Å². The molecule has 4 atom stereocenters. The molecule has 0 unspecified atom stereocenters. The van der Waals surface area contributed by atoms with E-state index in [1.165, 1.54) is 44.9 Å². The SMILES string of the molecule is CCCCCCCCCCN1CN([C@@H]2O[C@H](CO)[C@@H](O)[C@H]2O)c2nc[nH]c(=O)c21. The minimum Gasteiger partial charge on any atom is -0.394 e. The van der Waals surface area contributed by atoms with Crippen LogP contribution in [0.15, 0.2) is 11.1 Å². The zero-order valence-corrected chi connectivity index (χ0v) is 17.2. The van der Waals surface area contributed by atoms with Crippen LogP contribution in [0.5, 0.6) is 0 Å². The van der Waals surface area contributed by atoms with E-state index in [9.17, 15) is 20.1 Å². The van der Waals surface area contributed by atoms with E-state index in [-0.39, 0.29) is 12.2 Å². The Bertz CT molecular complexity index is 700. The Morgan fingerprint density at radius 3 is 2.48 bits per heavy atom. The van der Waals surface area contributed by atoms with Crippen LogP contribution in [0.1, 0.15) is 58.3 Å². The first-order valence-corrected chi connectivity index (χ1v) is 10.8. The smallest absolute Gasteiger partial charge is 0.276 e. The second kappa shape index (κ2) is 10.4. The number of rotatable bonds is 11. The maximum Gasteiger partial charge on any atom is 0.276 e. The highest BCUT2D eigenvalue weighted by molar-refractivity contribution is 5.71. The molecule has 1 fully saturated rings. The van der Waals surface area contributed by atoms with Crippen molar-refractivity contribution in [3.63, 3.8) is 0 Å². The van der Waals surface area contributed by atoms with Crippen LogP contribution >= 0.6 is 0 Å². The van der Waals surface area contributed by atoms with Crippen molar-refractivity contribution < 1.29 is 20.1 Å². The summed E-state index contributed by atoms with van der Waals surface area (Å²) in [5, 5.41) is 29.8. The summed E-state index contributed by atoms with van der Waals surface area (Å²) in [5.74, 6) is 0.433. The van der Waals surface area contributed by atoms with Gasteiger partial charge in [0.25, 0.3) is 5.56 Å². The molecule has 0 spiro atoms. The number of hydrogen-bond donors (Lipinski definition) is 4. The Morgan fingerprint density at radius 2 is 1.83 bits per heavy atom. The molecule has 0 aromatic carbocycles. The molecule has 0 amide bonds. The van der Waals surface area contributed by atoms with Crippen LogP contribution in [0.2, 0.25) is 0 Å². The number of aliphatic hydroxyl groups is 3. The molecule has 0 radical (unpaired) electrons. The zero-order valence-electron chi connectivity index (χ0n) is 17.2. The number of aromatic nitrogens is 2. The summed E-state index contributed by atoms with van der Waals surface area (Å²) in [7, 11) is 0. The average Bonchev–Trinajstić information content (AvgIpc) is 3.22. The highest BCUT2D eigenvalue weighted by Crippen LogP contribution is 2.36. The van der Waals surface area contributed by atoms with Crippen LogP contribution < -0.4 is 15.4 Å². The van der Waals surface area contributed by atoms with Crippen molar-refractivity contribution in [3.05, 3.63) is 16.7 Å². The summed E-state index contributed by atoms with van der Waals surface area (Å²) in [6.07, 6.45) is 6.87. The second-order valence-corrected chi connectivity index (χ2v) is 7.98. The highest BCUT2D eigenvalue weighted by Gasteiger charge is 2.48. The fourth-order valence-corrected chi connectivity index (χ4v) is 4.16. The van der Waals surface area contributed by atoms with Crippen LogP contribution in [0.4, 0.5) is 11.5 Å². The minimum absolute atomic E-state index is 0.233. The lowest BCUT2D eigenvalue weighted by Gasteiger charge is -2.28. The summed E-state index contributed by atoms with van der Waals surface area (Å²) < 4.78 is 5.65. The van der Waals surface area contributed by atoms with Gasteiger partial charge < -0.3 is 34.8 Å². The quantitative estimate of drug-likeness (QED) is 0.398.